The second kappa shape index (κ2) is 8.55. The number of imide groups is 1. The molecule has 0 atom stereocenters. The third-order valence-electron chi connectivity index (χ3n) is 4.85. The molecule has 5 nitrogen and oxygen atoms in total. The molecule has 150 valence electrons. The van der Waals surface area contributed by atoms with E-state index in [1.54, 1.807) is 60.7 Å². The van der Waals surface area contributed by atoms with Gasteiger partial charge in [0, 0.05) is 17.0 Å². The van der Waals surface area contributed by atoms with Gasteiger partial charge in [0.05, 0.1) is 16.8 Å². The summed E-state index contributed by atoms with van der Waals surface area (Å²) in [6, 6.07) is 21.0. The molecule has 0 aliphatic carbocycles. The molecule has 0 unspecified atom stereocenters. The van der Waals surface area contributed by atoms with Crippen LogP contribution in [0.25, 0.3) is 0 Å². The Bertz CT molecular complexity index is 1090. The standard InChI is InChI=1S/C24H20N2O3S/c1-2-30-15-16-10-12-17(13-11-16)22(27)25-18-6-5-7-19(14-18)26-23(28)20-8-3-4-9-21(20)24(26)29/h3-14H,2,15H2,1H3,(H,25,27). The monoisotopic (exact) mass is 416 g/mol. The summed E-state index contributed by atoms with van der Waals surface area (Å²) in [6.45, 7) is 2.11. The van der Waals surface area contributed by atoms with Crippen LogP contribution in [0.3, 0.4) is 0 Å². The fraction of sp³-hybridized carbons (Fsp3) is 0.125. The van der Waals surface area contributed by atoms with E-state index in [1.807, 2.05) is 23.9 Å². The first kappa shape index (κ1) is 19.9. The van der Waals surface area contributed by atoms with Gasteiger partial charge in [0.2, 0.25) is 0 Å². The van der Waals surface area contributed by atoms with E-state index in [4.69, 9.17) is 0 Å². The zero-order valence-corrected chi connectivity index (χ0v) is 17.2. The number of anilines is 2. The number of hydrogen-bond acceptors (Lipinski definition) is 4. The number of benzene rings is 3. The molecule has 30 heavy (non-hydrogen) atoms. The molecule has 1 N–H and O–H groups in total. The first-order valence-electron chi connectivity index (χ1n) is 9.64. The quantitative estimate of drug-likeness (QED) is 0.575. The summed E-state index contributed by atoms with van der Waals surface area (Å²) in [7, 11) is 0. The number of rotatable bonds is 6. The summed E-state index contributed by atoms with van der Waals surface area (Å²) < 4.78 is 0. The van der Waals surface area contributed by atoms with Crippen molar-refractivity contribution in [3.05, 3.63) is 95.1 Å². The predicted octanol–water partition coefficient (Wildman–Crippen LogP) is 4.99. The van der Waals surface area contributed by atoms with E-state index in [2.05, 4.69) is 12.2 Å². The van der Waals surface area contributed by atoms with Crippen molar-refractivity contribution in [2.75, 3.05) is 16.0 Å². The molecule has 0 bridgehead atoms. The first-order chi connectivity index (χ1) is 14.6. The van der Waals surface area contributed by atoms with Gasteiger partial charge in [0.25, 0.3) is 17.7 Å². The fourth-order valence-electron chi connectivity index (χ4n) is 3.32. The molecule has 1 aliphatic rings. The third kappa shape index (κ3) is 3.86. The van der Waals surface area contributed by atoms with Crippen LogP contribution in [0.4, 0.5) is 11.4 Å². The Morgan fingerprint density at radius 1 is 0.900 bits per heavy atom. The molecule has 1 heterocycles. The number of nitrogens with one attached hydrogen (secondary N) is 1. The van der Waals surface area contributed by atoms with Crippen LogP contribution < -0.4 is 10.2 Å². The largest absolute Gasteiger partial charge is 0.322 e. The normalized spacial score (nSPS) is 12.8. The average Bonchev–Trinajstić information content (AvgIpc) is 3.03. The van der Waals surface area contributed by atoms with Crippen molar-refractivity contribution >= 4 is 40.9 Å². The molecule has 1 aliphatic heterocycles. The molecule has 3 aromatic rings. The van der Waals surface area contributed by atoms with Crippen LogP contribution in [0.2, 0.25) is 0 Å². The first-order valence-corrected chi connectivity index (χ1v) is 10.8. The SMILES string of the molecule is CCSCc1ccc(C(=O)Nc2cccc(N3C(=O)c4ccccc4C3=O)c2)cc1. The number of fused-ring (bicyclic) bond motifs is 1. The molecule has 3 amide bonds. The Balaban J connectivity index is 1.51. The molecular formula is C24H20N2O3S. The van der Waals surface area contributed by atoms with E-state index in [0.717, 1.165) is 16.4 Å². The maximum absolute atomic E-state index is 12.7. The summed E-state index contributed by atoms with van der Waals surface area (Å²) in [5, 5.41) is 2.84. The molecule has 0 radical (unpaired) electrons. The number of hydrogen-bond donors (Lipinski definition) is 1. The molecule has 3 aromatic carbocycles. The van der Waals surface area contributed by atoms with Crippen molar-refractivity contribution in [1.29, 1.82) is 0 Å². The van der Waals surface area contributed by atoms with E-state index in [0.29, 0.717) is 28.1 Å². The third-order valence-corrected chi connectivity index (χ3v) is 5.79. The lowest BCUT2D eigenvalue weighted by molar-refractivity contribution is 0.0925. The molecule has 0 saturated carbocycles. The highest BCUT2D eigenvalue weighted by molar-refractivity contribution is 7.98. The van der Waals surface area contributed by atoms with Crippen LogP contribution in [0.15, 0.2) is 72.8 Å². The van der Waals surface area contributed by atoms with Crippen molar-refractivity contribution in [2.24, 2.45) is 0 Å². The highest BCUT2D eigenvalue weighted by Gasteiger charge is 2.36. The second-order valence-electron chi connectivity index (χ2n) is 6.83. The highest BCUT2D eigenvalue weighted by Crippen LogP contribution is 2.29. The highest BCUT2D eigenvalue weighted by atomic mass is 32.2. The molecule has 4 rings (SSSR count). The van der Waals surface area contributed by atoms with E-state index in [1.165, 1.54) is 5.56 Å². The maximum atomic E-state index is 12.7. The van der Waals surface area contributed by atoms with Crippen LogP contribution in [0.1, 0.15) is 43.6 Å². The second-order valence-corrected chi connectivity index (χ2v) is 8.10. The van der Waals surface area contributed by atoms with E-state index in [9.17, 15) is 14.4 Å². The zero-order valence-electron chi connectivity index (χ0n) is 16.4. The lowest BCUT2D eigenvalue weighted by Gasteiger charge is -2.15. The minimum absolute atomic E-state index is 0.246. The van der Waals surface area contributed by atoms with Gasteiger partial charge in [-0.1, -0.05) is 37.3 Å². The van der Waals surface area contributed by atoms with Crippen molar-refractivity contribution < 1.29 is 14.4 Å². The van der Waals surface area contributed by atoms with E-state index >= 15 is 0 Å². The smallest absolute Gasteiger partial charge is 0.266 e. The summed E-state index contributed by atoms with van der Waals surface area (Å²) in [6.07, 6.45) is 0. The van der Waals surface area contributed by atoms with Crippen molar-refractivity contribution in [1.82, 2.24) is 0 Å². The van der Waals surface area contributed by atoms with Gasteiger partial charge in [-0.2, -0.15) is 11.8 Å². The van der Waals surface area contributed by atoms with E-state index in [-0.39, 0.29) is 17.7 Å². The lowest BCUT2D eigenvalue weighted by atomic mass is 10.1. The minimum atomic E-state index is -0.361. The number of thioether (sulfide) groups is 1. The number of carbonyl (C=O) groups excluding carboxylic acids is 3. The fourth-order valence-corrected chi connectivity index (χ4v) is 3.95. The molecule has 0 aromatic heterocycles. The van der Waals surface area contributed by atoms with Crippen LogP contribution in [-0.4, -0.2) is 23.5 Å². The molecular weight excluding hydrogens is 396 g/mol. The lowest BCUT2D eigenvalue weighted by Crippen LogP contribution is -2.29. The van der Waals surface area contributed by atoms with Gasteiger partial charge >= 0.3 is 0 Å². The molecule has 0 spiro atoms. The van der Waals surface area contributed by atoms with Gasteiger partial charge < -0.3 is 5.32 Å². The van der Waals surface area contributed by atoms with Gasteiger partial charge in [0.15, 0.2) is 0 Å². The van der Waals surface area contributed by atoms with Crippen molar-refractivity contribution in [3.63, 3.8) is 0 Å². The summed E-state index contributed by atoms with van der Waals surface area (Å²) in [4.78, 5) is 39.1. The van der Waals surface area contributed by atoms with Gasteiger partial charge in [-0.3, -0.25) is 14.4 Å². The Labute approximate surface area is 179 Å². The number of carbonyl (C=O) groups is 3. The van der Waals surface area contributed by atoms with E-state index < -0.39 is 0 Å². The number of amides is 3. The Hall–Kier alpha value is -3.38. The zero-order chi connectivity index (χ0) is 21.1. The maximum Gasteiger partial charge on any atom is 0.266 e. The Morgan fingerprint density at radius 3 is 2.20 bits per heavy atom. The predicted molar refractivity (Wildman–Crippen MR) is 120 cm³/mol. The molecule has 0 saturated heterocycles. The molecule has 6 heteroatoms. The van der Waals surface area contributed by atoms with Crippen LogP contribution in [-0.2, 0) is 5.75 Å². The van der Waals surface area contributed by atoms with Gasteiger partial charge in [-0.25, -0.2) is 4.90 Å². The van der Waals surface area contributed by atoms with Crippen molar-refractivity contribution in [3.8, 4) is 0 Å². The minimum Gasteiger partial charge on any atom is -0.322 e. The summed E-state index contributed by atoms with van der Waals surface area (Å²) in [5.41, 5.74) is 3.43. The van der Waals surface area contributed by atoms with Gasteiger partial charge in [-0.15, -0.1) is 0 Å². The van der Waals surface area contributed by atoms with Crippen LogP contribution >= 0.6 is 11.8 Å². The van der Waals surface area contributed by atoms with Crippen LogP contribution in [0, 0.1) is 0 Å². The van der Waals surface area contributed by atoms with Crippen LogP contribution in [0.5, 0.6) is 0 Å². The summed E-state index contributed by atoms with van der Waals surface area (Å²) in [5.74, 6) is 0.996. The Kier molecular flexibility index (Phi) is 5.68. The number of nitrogens with zero attached hydrogens (tertiary/aromatic N) is 1. The Morgan fingerprint density at radius 2 is 1.57 bits per heavy atom. The van der Waals surface area contributed by atoms with Gasteiger partial charge in [0.1, 0.15) is 0 Å². The van der Waals surface area contributed by atoms with Crippen molar-refractivity contribution in [2.45, 2.75) is 12.7 Å². The average molecular weight is 417 g/mol. The topological polar surface area (TPSA) is 66.5 Å². The molecule has 0 fully saturated rings. The summed E-state index contributed by atoms with van der Waals surface area (Å²) >= 11 is 1.83. The van der Waals surface area contributed by atoms with Gasteiger partial charge in [-0.05, 0) is 53.8 Å².